The smallest absolute Gasteiger partial charge is 0.305 e. The Morgan fingerprint density at radius 1 is 1.21 bits per heavy atom. The van der Waals surface area contributed by atoms with Gasteiger partial charge >= 0.3 is 5.97 Å². The Balaban J connectivity index is 0.000000263. The van der Waals surface area contributed by atoms with Crippen LogP contribution in [0.3, 0.4) is 0 Å². The summed E-state index contributed by atoms with van der Waals surface area (Å²) in [4.78, 5) is 27.3. The lowest BCUT2D eigenvalue weighted by Gasteiger charge is -2.10. The molecule has 8 heteroatoms. The minimum atomic E-state index is -0.741. The molecule has 0 saturated carbocycles. The monoisotopic (exact) mass is 486 g/mol. The van der Waals surface area contributed by atoms with Crippen molar-refractivity contribution in [2.24, 2.45) is 5.92 Å². The Labute approximate surface area is 204 Å². The summed E-state index contributed by atoms with van der Waals surface area (Å²) in [5.74, 6) is -0.972. The summed E-state index contributed by atoms with van der Waals surface area (Å²) in [5, 5.41) is 12.0. The molecule has 0 atom stereocenters. The maximum Gasteiger partial charge on any atom is 0.305 e. The number of benzene rings is 1. The van der Waals surface area contributed by atoms with Crippen molar-refractivity contribution in [3.63, 3.8) is 0 Å². The van der Waals surface area contributed by atoms with Crippen LogP contribution >= 0.6 is 24.0 Å². The molecule has 1 saturated heterocycles. The number of nitrogens with zero attached hydrogens (tertiary/aromatic N) is 1. The van der Waals surface area contributed by atoms with Crippen LogP contribution in [0.5, 0.6) is 0 Å². The Morgan fingerprint density at radius 3 is 2.39 bits per heavy atom. The maximum absolute atomic E-state index is 11.3. The summed E-state index contributed by atoms with van der Waals surface area (Å²) in [5.41, 5.74) is 2.56. The van der Waals surface area contributed by atoms with Gasteiger partial charge in [-0.15, -0.1) is 24.0 Å². The van der Waals surface area contributed by atoms with Gasteiger partial charge in [-0.05, 0) is 24.1 Å². The number of nitrogens with one attached hydrogen (secondary N) is 1. The maximum atomic E-state index is 11.3. The number of carboxylic acids is 1. The van der Waals surface area contributed by atoms with Crippen LogP contribution in [0.25, 0.3) is 16.1 Å². The zero-order valence-electron chi connectivity index (χ0n) is 18.9. The fourth-order valence-corrected chi connectivity index (χ4v) is 3.82. The molecule has 0 unspecified atom stereocenters. The molecule has 0 amide bonds. The number of thiazole rings is 1. The lowest BCUT2D eigenvalue weighted by atomic mass is 10.1. The van der Waals surface area contributed by atoms with Crippen LogP contribution in [-0.4, -0.2) is 48.6 Å². The average Bonchev–Trinajstić information content (AvgIpc) is 3.08. The highest BCUT2D eigenvalue weighted by Gasteiger charge is 2.14. The van der Waals surface area contributed by atoms with E-state index in [1.54, 1.807) is 25.2 Å². The molecular formula is C25H30N2O4S2. The van der Waals surface area contributed by atoms with E-state index in [0.717, 1.165) is 64.9 Å². The predicted molar refractivity (Wildman–Crippen MR) is 137 cm³/mol. The third kappa shape index (κ3) is 9.47. The van der Waals surface area contributed by atoms with Crippen molar-refractivity contribution in [3.05, 3.63) is 65.2 Å². The van der Waals surface area contributed by atoms with Gasteiger partial charge in [0.15, 0.2) is 6.29 Å². The number of carbonyl (C=O) groups excluding carboxylic acids is 1. The van der Waals surface area contributed by atoms with Crippen molar-refractivity contribution in [2.75, 3.05) is 26.3 Å². The minimum Gasteiger partial charge on any atom is -0.481 e. The Hall–Kier alpha value is -2.52. The van der Waals surface area contributed by atoms with Gasteiger partial charge < -0.3 is 15.2 Å². The zero-order valence-corrected chi connectivity index (χ0v) is 20.6. The van der Waals surface area contributed by atoms with Gasteiger partial charge in [0.05, 0.1) is 24.0 Å². The first kappa shape index (κ1) is 26.7. The van der Waals surface area contributed by atoms with Crippen LogP contribution in [0.2, 0.25) is 0 Å². The molecule has 2 N–H and O–H groups in total. The van der Waals surface area contributed by atoms with Crippen LogP contribution in [-0.2, 0) is 9.53 Å². The number of rotatable bonds is 4. The molecule has 1 aromatic carbocycles. The van der Waals surface area contributed by atoms with Gasteiger partial charge in [-0.3, -0.25) is 9.59 Å². The molecule has 0 bridgehead atoms. The summed E-state index contributed by atoms with van der Waals surface area (Å²) in [6.07, 6.45) is 11.9. The molecule has 4 rings (SSSR count). The number of hydrogen-bond donors (Lipinski definition) is 3. The number of carbonyl (C=O) groups is 2. The Kier molecular flexibility index (Phi) is 11.8. The van der Waals surface area contributed by atoms with E-state index in [0.29, 0.717) is 5.69 Å². The molecule has 2 aliphatic rings. The molecule has 1 aliphatic carbocycles. The highest BCUT2D eigenvalue weighted by molar-refractivity contribution is 7.80. The third-order valence-corrected chi connectivity index (χ3v) is 5.95. The molecule has 1 fully saturated rings. The quantitative estimate of drug-likeness (QED) is 0.409. The van der Waals surface area contributed by atoms with Crippen LogP contribution < -0.4 is 5.32 Å². The lowest BCUT2D eigenvalue weighted by molar-refractivity contribution is -0.140. The second-order valence-electron chi connectivity index (χ2n) is 7.44. The number of ether oxygens (including phenoxy) is 1. The summed E-state index contributed by atoms with van der Waals surface area (Å²) in [6.45, 7) is 7.12. The van der Waals surface area contributed by atoms with E-state index in [4.69, 9.17) is 9.84 Å². The van der Waals surface area contributed by atoms with Gasteiger partial charge in [-0.2, -0.15) is 0 Å². The number of aldehydes is 1. The normalized spacial score (nSPS) is 14.8. The molecule has 0 radical (unpaired) electrons. The van der Waals surface area contributed by atoms with E-state index in [1.807, 2.05) is 42.5 Å². The first-order chi connectivity index (χ1) is 15.9. The highest BCUT2D eigenvalue weighted by atomic mass is 32.1. The Bertz CT molecular complexity index is 977. The SMILES string of the molecule is C1COCCN1.CC(C)C(=O)O.O=Cc1nc(-c2ccc(S)cc2)sc1C1=CCC=CC=C1. The zero-order chi connectivity index (χ0) is 24.1. The van der Waals surface area contributed by atoms with Crippen molar-refractivity contribution in [2.45, 2.75) is 25.2 Å². The first-order valence-electron chi connectivity index (χ1n) is 10.7. The molecule has 33 heavy (non-hydrogen) atoms. The number of thiol groups is 1. The minimum absolute atomic E-state index is 0.231. The number of morpholine rings is 1. The standard InChI is InChI=1S/C17H13NOS2.C4H9NO.C4H8O2/c19-11-15-16(12-5-3-1-2-4-6-12)21-17(18-15)13-7-9-14(20)10-8-13;1-3-6-4-2-5-1;1-3(2)4(5)6/h1-3,5-11,20H,4H2;5H,1-4H2;3H,1-2H3,(H,5,6). The predicted octanol–water partition coefficient (Wildman–Crippen LogP) is 5.14. The van der Waals surface area contributed by atoms with Gasteiger partial charge in [0, 0.05) is 23.5 Å². The topological polar surface area (TPSA) is 88.5 Å². The van der Waals surface area contributed by atoms with Crippen molar-refractivity contribution in [1.29, 1.82) is 0 Å². The molecule has 1 aliphatic heterocycles. The second-order valence-corrected chi connectivity index (χ2v) is 8.95. The van der Waals surface area contributed by atoms with E-state index in [-0.39, 0.29) is 5.92 Å². The number of hydrogen-bond acceptors (Lipinski definition) is 7. The first-order valence-corrected chi connectivity index (χ1v) is 12.0. The molecule has 176 valence electrons. The molecule has 0 spiro atoms. The summed E-state index contributed by atoms with van der Waals surface area (Å²) in [6, 6.07) is 7.79. The van der Waals surface area contributed by atoms with E-state index in [1.165, 1.54) is 0 Å². The highest BCUT2D eigenvalue weighted by Crippen LogP contribution is 2.33. The van der Waals surface area contributed by atoms with Crippen molar-refractivity contribution < 1.29 is 19.4 Å². The Morgan fingerprint density at radius 2 is 1.88 bits per heavy atom. The number of carboxylic acid groups (broad SMARTS) is 1. The fourth-order valence-electron chi connectivity index (χ4n) is 2.61. The molecule has 1 aromatic heterocycles. The molecule has 2 heterocycles. The van der Waals surface area contributed by atoms with E-state index < -0.39 is 5.97 Å². The number of allylic oxidation sites excluding steroid dienone is 6. The van der Waals surface area contributed by atoms with E-state index in [2.05, 4.69) is 35.1 Å². The van der Waals surface area contributed by atoms with E-state index >= 15 is 0 Å². The van der Waals surface area contributed by atoms with Crippen LogP contribution in [0, 0.1) is 5.92 Å². The van der Waals surface area contributed by atoms with Crippen molar-refractivity contribution in [1.82, 2.24) is 10.3 Å². The lowest BCUT2D eigenvalue weighted by Crippen LogP contribution is -2.30. The van der Waals surface area contributed by atoms with Gasteiger partial charge in [-0.1, -0.05) is 56.4 Å². The van der Waals surface area contributed by atoms with Crippen LogP contribution in [0.4, 0.5) is 0 Å². The number of aromatic nitrogens is 1. The number of aliphatic carboxylic acids is 1. The van der Waals surface area contributed by atoms with Crippen LogP contribution in [0.1, 0.15) is 35.6 Å². The molecule has 2 aromatic rings. The second kappa shape index (κ2) is 14.6. The van der Waals surface area contributed by atoms with Gasteiger partial charge in [0.2, 0.25) is 0 Å². The third-order valence-electron chi connectivity index (χ3n) is 4.48. The summed E-state index contributed by atoms with van der Waals surface area (Å²) < 4.78 is 5.01. The summed E-state index contributed by atoms with van der Waals surface area (Å²) >= 11 is 5.83. The largest absolute Gasteiger partial charge is 0.481 e. The average molecular weight is 487 g/mol. The van der Waals surface area contributed by atoms with Gasteiger partial charge in [-0.25, -0.2) is 4.98 Å². The molecule has 6 nitrogen and oxygen atoms in total. The van der Waals surface area contributed by atoms with E-state index in [9.17, 15) is 9.59 Å². The van der Waals surface area contributed by atoms with Crippen LogP contribution in [0.15, 0.2) is 59.5 Å². The van der Waals surface area contributed by atoms with Gasteiger partial charge in [0.1, 0.15) is 10.7 Å². The molecular weight excluding hydrogens is 456 g/mol. The van der Waals surface area contributed by atoms with Crippen molar-refractivity contribution >= 4 is 41.8 Å². The fraction of sp³-hybridized carbons (Fsp3) is 0.320. The summed E-state index contributed by atoms with van der Waals surface area (Å²) in [7, 11) is 0. The van der Waals surface area contributed by atoms with Gasteiger partial charge in [0.25, 0.3) is 0 Å². The van der Waals surface area contributed by atoms with Crippen molar-refractivity contribution in [3.8, 4) is 10.6 Å².